The number of hydrogen-bond acceptors (Lipinski definition) is 4. The van der Waals surface area contributed by atoms with Gasteiger partial charge in [-0.05, 0) is 29.2 Å². The first-order valence-corrected chi connectivity index (χ1v) is 6.08. The fourth-order valence-electron chi connectivity index (χ4n) is 2.35. The molecular weight excluding hydrogens is 262 g/mol. The third-order valence-electron chi connectivity index (χ3n) is 3.29. The Hall–Kier alpha value is -1.49. The number of nitrogens with zero attached hydrogens (tertiary/aromatic N) is 2. The van der Waals surface area contributed by atoms with Gasteiger partial charge in [0, 0.05) is 24.5 Å². The summed E-state index contributed by atoms with van der Waals surface area (Å²) in [6.45, 7) is 1.27. The van der Waals surface area contributed by atoms with E-state index in [1.54, 1.807) is 0 Å². The first kappa shape index (κ1) is 13.9. The number of benzene rings is 1. The Morgan fingerprint density at radius 1 is 1.21 bits per heavy atom. The Kier molecular flexibility index (Phi) is 4.47. The molecule has 1 atom stereocenters. The van der Waals surface area contributed by atoms with E-state index >= 15 is 0 Å². The molecule has 0 saturated carbocycles. The lowest BCUT2D eigenvalue weighted by Crippen LogP contribution is -2.23. The van der Waals surface area contributed by atoms with Crippen molar-refractivity contribution >= 4 is 12.4 Å². The molecule has 2 N–H and O–H groups in total. The van der Waals surface area contributed by atoms with Crippen LogP contribution in [-0.2, 0) is 11.2 Å². The van der Waals surface area contributed by atoms with Crippen LogP contribution in [-0.4, -0.2) is 23.1 Å². The van der Waals surface area contributed by atoms with Crippen LogP contribution in [0.25, 0.3) is 11.1 Å². The van der Waals surface area contributed by atoms with Crippen LogP contribution in [0, 0.1) is 0 Å². The fraction of sp³-hybridized carbons (Fsp3) is 0.286. The molecule has 0 amide bonds. The van der Waals surface area contributed by atoms with Gasteiger partial charge in [-0.2, -0.15) is 0 Å². The molecule has 0 unspecified atom stereocenters. The quantitative estimate of drug-likeness (QED) is 0.914. The average molecular weight is 278 g/mol. The van der Waals surface area contributed by atoms with Crippen molar-refractivity contribution in [3.05, 3.63) is 48.0 Å². The van der Waals surface area contributed by atoms with Crippen molar-refractivity contribution in [1.29, 1.82) is 0 Å². The second-order valence-corrected chi connectivity index (χ2v) is 4.39. The summed E-state index contributed by atoms with van der Waals surface area (Å²) in [6.07, 6.45) is 6.13. The highest BCUT2D eigenvalue weighted by atomic mass is 35.5. The van der Waals surface area contributed by atoms with Crippen LogP contribution in [0.5, 0.6) is 0 Å². The van der Waals surface area contributed by atoms with Crippen LogP contribution in [0.3, 0.4) is 0 Å². The molecule has 1 aliphatic rings. The van der Waals surface area contributed by atoms with E-state index < -0.39 is 0 Å². The van der Waals surface area contributed by atoms with E-state index in [4.69, 9.17) is 10.5 Å². The molecule has 0 radical (unpaired) electrons. The monoisotopic (exact) mass is 277 g/mol. The molecule has 4 nitrogen and oxygen atoms in total. The van der Waals surface area contributed by atoms with Gasteiger partial charge in [0.2, 0.25) is 0 Å². The summed E-state index contributed by atoms with van der Waals surface area (Å²) >= 11 is 0. The van der Waals surface area contributed by atoms with Gasteiger partial charge in [-0.15, -0.1) is 12.4 Å². The Bertz CT molecular complexity index is 548. The number of aromatic nitrogens is 2. The van der Waals surface area contributed by atoms with Crippen molar-refractivity contribution in [3.63, 3.8) is 0 Å². The topological polar surface area (TPSA) is 61.0 Å². The molecule has 3 rings (SSSR count). The molecule has 1 aromatic heterocycles. The standard InChI is InChI=1S/C14H15N3O.ClH/c15-6-14-13-5-11(12-7-16-9-17-8-12)2-1-10(13)3-4-18-14;/h1-2,5,7-9,14H,3-4,6,15H2;1H/t14-;/m1./s1. The molecular formula is C14H16ClN3O. The normalized spacial score (nSPS) is 17.4. The van der Waals surface area contributed by atoms with Gasteiger partial charge in [0.1, 0.15) is 6.33 Å². The van der Waals surface area contributed by atoms with Crippen molar-refractivity contribution in [2.45, 2.75) is 12.5 Å². The molecule has 1 aromatic carbocycles. The predicted octanol–water partition coefficient (Wildman–Crippen LogP) is 2.14. The predicted molar refractivity (Wildman–Crippen MR) is 76.2 cm³/mol. The lowest BCUT2D eigenvalue weighted by molar-refractivity contribution is 0.0485. The first-order valence-electron chi connectivity index (χ1n) is 6.08. The second-order valence-electron chi connectivity index (χ2n) is 4.39. The summed E-state index contributed by atoms with van der Waals surface area (Å²) < 4.78 is 5.69. The summed E-state index contributed by atoms with van der Waals surface area (Å²) in [6, 6.07) is 6.41. The first-order chi connectivity index (χ1) is 8.88. The Balaban J connectivity index is 0.00000133. The van der Waals surface area contributed by atoms with Gasteiger partial charge >= 0.3 is 0 Å². The largest absolute Gasteiger partial charge is 0.372 e. The zero-order valence-corrected chi connectivity index (χ0v) is 11.3. The molecule has 0 aliphatic carbocycles. The highest BCUT2D eigenvalue weighted by Crippen LogP contribution is 2.30. The fourth-order valence-corrected chi connectivity index (χ4v) is 2.35. The van der Waals surface area contributed by atoms with Crippen LogP contribution >= 0.6 is 12.4 Å². The maximum absolute atomic E-state index is 5.76. The minimum Gasteiger partial charge on any atom is -0.372 e. The maximum atomic E-state index is 5.76. The molecule has 0 saturated heterocycles. The Labute approximate surface area is 118 Å². The van der Waals surface area contributed by atoms with Gasteiger partial charge in [0.05, 0.1) is 12.7 Å². The zero-order chi connectivity index (χ0) is 12.4. The summed E-state index contributed by atoms with van der Waals surface area (Å²) in [5, 5.41) is 0. The molecule has 0 bridgehead atoms. The van der Waals surface area contributed by atoms with E-state index in [1.165, 1.54) is 17.5 Å². The smallest absolute Gasteiger partial charge is 0.115 e. The van der Waals surface area contributed by atoms with Gasteiger partial charge in [0.15, 0.2) is 0 Å². The van der Waals surface area contributed by atoms with E-state index in [0.717, 1.165) is 24.2 Å². The zero-order valence-electron chi connectivity index (χ0n) is 10.5. The van der Waals surface area contributed by atoms with Crippen LogP contribution in [0.1, 0.15) is 17.2 Å². The van der Waals surface area contributed by atoms with E-state index in [-0.39, 0.29) is 18.5 Å². The minimum atomic E-state index is 0. The lowest BCUT2D eigenvalue weighted by Gasteiger charge is -2.25. The van der Waals surface area contributed by atoms with Crippen molar-refractivity contribution in [2.75, 3.05) is 13.2 Å². The Morgan fingerprint density at radius 3 is 2.74 bits per heavy atom. The van der Waals surface area contributed by atoms with Crippen LogP contribution in [0.2, 0.25) is 0 Å². The Morgan fingerprint density at radius 2 is 2.00 bits per heavy atom. The van der Waals surface area contributed by atoms with Crippen LogP contribution in [0.15, 0.2) is 36.9 Å². The SMILES string of the molecule is Cl.NC[C@H]1OCCc2ccc(-c3cncnc3)cc21. The highest BCUT2D eigenvalue weighted by molar-refractivity contribution is 5.85. The van der Waals surface area contributed by atoms with Gasteiger partial charge in [-0.3, -0.25) is 0 Å². The number of rotatable bonds is 2. The summed E-state index contributed by atoms with van der Waals surface area (Å²) in [4.78, 5) is 8.09. The molecule has 2 aromatic rings. The lowest BCUT2D eigenvalue weighted by atomic mass is 9.94. The van der Waals surface area contributed by atoms with E-state index in [9.17, 15) is 0 Å². The molecule has 2 heterocycles. The maximum Gasteiger partial charge on any atom is 0.115 e. The number of ether oxygens (including phenoxy) is 1. The van der Waals surface area contributed by atoms with Crippen molar-refractivity contribution in [1.82, 2.24) is 9.97 Å². The summed E-state index contributed by atoms with van der Waals surface area (Å²) in [5.74, 6) is 0. The van der Waals surface area contributed by atoms with Gasteiger partial charge < -0.3 is 10.5 Å². The molecule has 5 heteroatoms. The minimum absolute atomic E-state index is 0. The molecule has 100 valence electrons. The van der Waals surface area contributed by atoms with Gasteiger partial charge in [-0.1, -0.05) is 12.1 Å². The number of fused-ring (bicyclic) bond motifs is 1. The molecule has 1 aliphatic heterocycles. The molecule has 0 fully saturated rings. The second kappa shape index (κ2) is 6.10. The van der Waals surface area contributed by atoms with E-state index in [2.05, 4.69) is 28.2 Å². The molecule has 19 heavy (non-hydrogen) atoms. The van der Waals surface area contributed by atoms with Crippen molar-refractivity contribution in [2.24, 2.45) is 5.73 Å². The highest BCUT2D eigenvalue weighted by Gasteiger charge is 2.19. The van der Waals surface area contributed by atoms with E-state index in [1.807, 2.05) is 12.4 Å². The molecule has 0 spiro atoms. The number of nitrogens with two attached hydrogens (primary N) is 1. The third-order valence-corrected chi connectivity index (χ3v) is 3.29. The third kappa shape index (κ3) is 2.76. The van der Waals surface area contributed by atoms with Crippen molar-refractivity contribution < 1.29 is 4.74 Å². The van der Waals surface area contributed by atoms with Gasteiger partial charge in [0.25, 0.3) is 0 Å². The van der Waals surface area contributed by atoms with Crippen molar-refractivity contribution in [3.8, 4) is 11.1 Å². The van der Waals surface area contributed by atoms with Crippen LogP contribution < -0.4 is 5.73 Å². The summed E-state index contributed by atoms with van der Waals surface area (Å²) in [7, 11) is 0. The van der Waals surface area contributed by atoms with E-state index in [0.29, 0.717) is 6.54 Å². The average Bonchev–Trinajstić information content (AvgIpc) is 2.47. The van der Waals surface area contributed by atoms with Gasteiger partial charge in [-0.25, -0.2) is 9.97 Å². The summed E-state index contributed by atoms with van der Waals surface area (Å²) in [5.41, 5.74) is 10.4. The number of hydrogen-bond donors (Lipinski definition) is 1. The number of halogens is 1. The van der Waals surface area contributed by atoms with Crippen LogP contribution in [0.4, 0.5) is 0 Å².